The number of amides is 1. The lowest BCUT2D eigenvalue weighted by Gasteiger charge is -2.05. The van der Waals surface area contributed by atoms with Crippen LogP contribution in [0.15, 0.2) is 54.9 Å². The molecule has 110 valence electrons. The molecule has 0 saturated carbocycles. The third kappa shape index (κ3) is 3.32. The Balaban J connectivity index is 1.81. The van der Waals surface area contributed by atoms with Crippen LogP contribution in [-0.2, 0) is 6.54 Å². The van der Waals surface area contributed by atoms with Gasteiger partial charge in [0.1, 0.15) is 4.88 Å². The molecule has 2 aromatic heterocycles. The third-order valence-corrected chi connectivity index (χ3v) is 4.19. The van der Waals surface area contributed by atoms with E-state index in [0.29, 0.717) is 21.6 Å². The van der Waals surface area contributed by atoms with Crippen LogP contribution in [0, 0.1) is 0 Å². The van der Waals surface area contributed by atoms with Crippen LogP contribution in [0.4, 0.5) is 0 Å². The number of rotatable bonds is 4. The first-order chi connectivity index (χ1) is 10.7. The van der Waals surface area contributed by atoms with Crippen LogP contribution in [0.2, 0.25) is 4.47 Å². The zero-order chi connectivity index (χ0) is 15.4. The topological polar surface area (TPSA) is 54.9 Å². The van der Waals surface area contributed by atoms with Crippen LogP contribution in [0.25, 0.3) is 11.3 Å². The van der Waals surface area contributed by atoms with Crippen molar-refractivity contribution >= 4 is 28.8 Å². The van der Waals surface area contributed by atoms with E-state index in [4.69, 9.17) is 11.6 Å². The van der Waals surface area contributed by atoms with Crippen molar-refractivity contribution in [1.82, 2.24) is 15.3 Å². The zero-order valence-corrected chi connectivity index (χ0v) is 13.1. The van der Waals surface area contributed by atoms with Crippen LogP contribution in [0.3, 0.4) is 0 Å². The SMILES string of the molecule is O=C(NCc1cccnc1)c1sc(Cl)nc1-c1ccccc1. The van der Waals surface area contributed by atoms with Gasteiger partial charge in [0, 0.05) is 24.5 Å². The lowest BCUT2D eigenvalue weighted by molar-refractivity contribution is 0.0955. The first-order valence-electron chi connectivity index (χ1n) is 6.63. The van der Waals surface area contributed by atoms with Gasteiger partial charge < -0.3 is 5.32 Å². The fraction of sp³-hybridized carbons (Fsp3) is 0.0625. The number of halogens is 1. The molecule has 1 aromatic carbocycles. The summed E-state index contributed by atoms with van der Waals surface area (Å²) in [5.74, 6) is -0.188. The molecule has 0 unspecified atom stereocenters. The molecule has 0 spiro atoms. The molecule has 0 radical (unpaired) electrons. The lowest BCUT2D eigenvalue weighted by atomic mass is 10.1. The maximum absolute atomic E-state index is 12.4. The largest absolute Gasteiger partial charge is 0.347 e. The van der Waals surface area contributed by atoms with Gasteiger partial charge in [-0.15, -0.1) is 0 Å². The van der Waals surface area contributed by atoms with Crippen molar-refractivity contribution in [2.45, 2.75) is 6.54 Å². The fourth-order valence-corrected chi connectivity index (χ4v) is 3.05. The van der Waals surface area contributed by atoms with Gasteiger partial charge >= 0.3 is 0 Å². The number of thiazole rings is 1. The van der Waals surface area contributed by atoms with E-state index in [1.165, 1.54) is 11.3 Å². The molecule has 3 aromatic rings. The van der Waals surface area contributed by atoms with Crippen molar-refractivity contribution in [2.24, 2.45) is 0 Å². The Hall–Kier alpha value is -2.24. The lowest BCUT2D eigenvalue weighted by Crippen LogP contribution is -2.22. The van der Waals surface area contributed by atoms with E-state index in [9.17, 15) is 4.79 Å². The maximum Gasteiger partial charge on any atom is 0.263 e. The van der Waals surface area contributed by atoms with Crippen molar-refractivity contribution in [3.8, 4) is 11.3 Å². The Morgan fingerprint density at radius 1 is 1.18 bits per heavy atom. The van der Waals surface area contributed by atoms with E-state index < -0.39 is 0 Å². The van der Waals surface area contributed by atoms with Crippen LogP contribution in [-0.4, -0.2) is 15.9 Å². The van der Waals surface area contributed by atoms with Gasteiger partial charge in [-0.25, -0.2) is 4.98 Å². The van der Waals surface area contributed by atoms with Crippen molar-refractivity contribution in [3.05, 3.63) is 69.8 Å². The van der Waals surface area contributed by atoms with Crippen LogP contribution in [0.1, 0.15) is 15.2 Å². The van der Waals surface area contributed by atoms with Crippen molar-refractivity contribution < 1.29 is 4.79 Å². The Morgan fingerprint density at radius 3 is 2.73 bits per heavy atom. The molecule has 3 rings (SSSR count). The summed E-state index contributed by atoms with van der Waals surface area (Å²) in [7, 11) is 0. The average molecular weight is 330 g/mol. The standard InChI is InChI=1S/C16H12ClN3OS/c17-16-20-13(12-6-2-1-3-7-12)14(22-16)15(21)19-10-11-5-4-8-18-9-11/h1-9H,10H2,(H,19,21). The Morgan fingerprint density at radius 2 is 2.00 bits per heavy atom. The quantitative estimate of drug-likeness (QED) is 0.792. The summed E-state index contributed by atoms with van der Waals surface area (Å²) in [6.07, 6.45) is 3.42. The minimum atomic E-state index is -0.188. The third-order valence-electron chi connectivity index (χ3n) is 3.03. The maximum atomic E-state index is 12.4. The summed E-state index contributed by atoms with van der Waals surface area (Å²) in [5, 5.41) is 2.87. The summed E-state index contributed by atoms with van der Waals surface area (Å²) in [4.78, 5) is 21.2. The second kappa shape index (κ2) is 6.68. The second-order valence-electron chi connectivity index (χ2n) is 4.55. The number of nitrogens with zero attached hydrogens (tertiary/aromatic N) is 2. The van der Waals surface area contributed by atoms with Crippen molar-refractivity contribution in [2.75, 3.05) is 0 Å². The highest BCUT2D eigenvalue weighted by Crippen LogP contribution is 2.30. The first-order valence-corrected chi connectivity index (χ1v) is 7.82. The molecule has 0 fully saturated rings. The van der Waals surface area contributed by atoms with Gasteiger partial charge in [-0.3, -0.25) is 9.78 Å². The Kier molecular flexibility index (Phi) is 4.46. The van der Waals surface area contributed by atoms with E-state index in [-0.39, 0.29) is 5.91 Å². The highest BCUT2D eigenvalue weighted by atomic mass is 35.5. The molecular weight excluding hydrogens is 318 g/mol. The highest BCUT2D eigenvalue weighted by Gasteiger charge is 2.18. The average Bonchev–Trinajstić information content (AvgIpc) is 2.96. The molecule has 2 heterocycles. The molecule has 4 nitrogen and oxygen atoms in total. The number of pyridine rings is 1. The number of aromatic nitrogens is 2. The van der Waals surface area contributed by atoms with E-state index in [0.717, 1.165) is 11.1 Å². The molecule has 0 aliphatic rings. The van der Waals surface area contributed by atoms with Gasteiger partial charge in [-0.2, -0.15) is 0 Å². The van der Waals surface area contributed by atoms with Crippen molar-refractivity contribution in [1.29, 1.82) is 0 Å². The number of benzene rings is 1. The molecular formula is C16H12ClN3OS. The van der Waals surface area contributed by atoms with Gasteiger partial charge in [0.05, 0.1) is 5.69 Å². The van der Waals surface area contributed by atoms with Crippen LogP contribution in [0.5, 0.6) is 0 Å². The van der Waals surface area contributed by atoms with Crippen molar-refractivity contribution in [3.63, 3.8) is 0 Å². The predicted molar refractivity (Wildman–Crippen MR) is 88.0 cm³/mol. The molecule has 0 aliphatic carbocycles. The molecule has 6 heteroatoms. The summed E-state index contributed by atoms with van der Waals surface area (Å²) < 4.78 is 0.352. The van der Waals surface area contributed by atoms with Gasteiger partial charge in [0.2, 0.25) is 0 Å². The molecule has 0 aliphatic heterocycles. The number of nitrogens with one attached hydrogen (secondary N) is 1. The number of carbonyl (C=O) groups excluding carboxylic acids is 1. The highest BCUT2D eigenvalue weighted by molar-refractivity contribution is 7.18. The van der Waals surface area contributed by atoms with E-state index >= 15 is 0 Å². The molecule has 0 saturated heterocycles. The first kappa shape index (κ1) is 14.7. The van der Waals surface area contributed by atoms with E-state index in [1.54, 1.807) is 12.4 Å². The summed E-state index contributed by atoms with van der Waals surface area (Å²) in [5.41, 5.74) is 2.42. The fourth-order valence-electron chi connectivity index (χ4n) is 2.00. The molecule has 1 amide bonds. The Labute approximate surface area is 136 Å². The molecule has 0 bridgehead atoms. The monoisotopic (exact) mass is 329 g/mol. The zero-order valence-electron chi connectivity index (χ0n) is 11.5. The second-order valence-corrected chi connectivity index (χ2v) is 6.14. The van der Waals surface area contributed by atoms with Crippen LogP contribution >= 0.6 is 22.9 Å². The normalized spacial score (nSPS) is 10.4. The molecule has 0 atom stereocenters. The minimum absolute atomic E-state index is 0.188. The minimum Gasteiger partial charge on any atom is -0.347 e. The molecule has 22 heavy (non-hydrogen) atoms. The predicted octanol–water partition coefficient (Wildman–Crippen LogP) is 3.79. The number of hydrogen-bond acceptors (Lipinski definition) is 4. The van der Waals surface area contributed by atoms with Gasteiger partial charge in [0.15, 0.2) is 4.47 Å². The van der Waals surface area contributed by atoms with E-state index in [1.807, 2.05) is 42.5 Å². The Bertz CT molecular complexity index is 775. The van der Waals surface area contributed by atoms with Gasteiger partial charge in [-0.05, 0) is 11.6 Å². The van der Waals surface area contributed by atoms with E-state index in [2.05, 4.69) is 15.3 Å². The van der Waals surface area contributed by atoms with Crippen LogP contribution < -0.4 is 5.32 Å². The summed E-state index contributed by atoms with van der Waals surface area (Å²) in [6, 6.07) is 13.3. The number of hydrogen-bond donors (Lipinski definition) is 1. The van der Waals surface area contributed by atoms with Gasteiger partial charge in [0.25, 0.3) is 5.91 Å². The summed E-state index contributed by atoms with van der Waals surface area (Å²) >= 11 is 7.17. The van der Waals surface area contributed by atoms with Gasteiger partial charge in [-0.1, -0.05) is 59.3 Å². The molecule has 1 N–H and O–H groups in total. The summed E-state index contributed by atoms with van der Waals surface area (Å²) in [6.45, 7) is 0.413. The number of carbonyl (C=O) groups is 1. The smallest absolute Gasteiger partial charge is 0.263 e.